The van der Waals surface area contributed by atoms with Crippen LogP contribution in [0.15, 0.2) is 53.3 Å². The van der Waals surface area contributed by atoms with Crippen LogP contribution in [0.3, 0.4) is 0 Å². The fourth-order valence-corrected chi connectivity index (χ4v) is 3.74. The normalized spacial score (nSPS) is 10.8. The predicted molar refractivity (Wildman–Crippen MR) is 109 cm³/mol. The number of amides is 1. The van der Waals surface area contributed by atoms with E-state index in [1.807, 2.05) is 23.1 Å². The van der Waals surface area contributed by atoms with Gasteiger partial charge in [0.25, 0.3) is 0 Å². The highest BCUT2D eigenvalue weighted by Crippen LogP contribution is 2.21. The number of hydrogen-bond acceptors (Lipinski definition) is 6. The van der Waals surface area contributed by atoms with Crippen LogP contribution in [0, 0.1) is 18.3 Å². The Morgan fingerprint density at radius 3 is 3.00 bits per heavy atom. The number of carbonyl (C=O) groups is 1. The molecule has 2 heterocycles. The molecule has 0 bridgehead atoms. The van der Waals surface area contributed by atoms with E-state index in [9.17, 15) is 4.79 Å². The Hall–Kier alpha value is -2.95. The van der Waals surface area contributed by atoms with Gasteiger partial charge in [-0.25, -0.2) is 4.98 Å². The first-order chi connectivity index (χ1) is 13.6. The lowest BCUT2D eigenvalue weighted by Crippen LogP contribution is -2.33. The Balaban J connectivity index is 1.55. The van der Waals surface area contributed by atoms with Crippen molar-refractivity contribution in [1.82, 2.24) is 9.88 Å². The zero-order valence-electron chi connectivity index (χ0n) is 15.7. The molecule has 7 heteroatoms. The molecular formula is C21H22N4O2S. The number of nitrogens with zero attached hydrogens (tertiary/aromatic N) is 3. The first-order valence-corrected chi connectivity index (χ1v) is 9.86. The number of nitrogens with one attached hydrogen (secondary N) is 1. The summed E-state index contributed by atoms with van der Waals surface area (Å²) < 4.78 is 5.35. The number of rotatable bonds is 9. The molecule has 0 spiro atoms. The first-order valence-electron chi connectivity index (χ1n) is 9.04. The van der Waals surface area contributed by atoms with Crippen molar-refractivity contribution >= 4 is 22.4 Å². The molecule has 6 nitrogen and oxygen atoms in total. The van der Waals surface area contributed by atoms with Gasteiger partial charge in [0.15, 0.2) is 5.13 Å². The summed E-state index contributed by atoms with van der Waals surface area (Å²) in [6.45, 7) is 3.23. The van der Waals surface area contributed by atoms with E-state index in [0.29, 0.717) is 24.6 Å². The van der Waals surface area contributed by atoms with E-state index in [2.05, 4.69) is 41.5 Å². The van der Waals surface area contributed by atoms with Crippen LogP contribution in [-0.4, -0.2) is 28.9 Å². The van der Waals surface area contributed by atoms with Gasteiger partial charge < -0.3 is 9.73 Å². The molecule has 0 fully saturated rings. The highest BCUT2D eigenvalue weighted by molar-refractivity contribution is 7.15. The highest BCUT2D eigenvalue weighted by Gasteiger charge is 2.14. The smallest absolute Gasteiger partial charge is 0.240 e. The van der Waals surface area contributed by atoms with Gasteiger partial charge in [0.05, 0.1) is 25.4 Å². The van der Waals surface area contributed by atoms with Crippen molar-refractivity contribution in [1.29, 1.82) is 5.26 Å². The van der Waals surface area contributed by atoms with E-state index in [1.165, 1.54) is 22.5 Å². The van der Waals surface area contributed by atoms with Gasteiger partial charge in [-0.2, -0.15) is 5.26 Å². The average molecular weight is 395 g/mol. The zero-order valence-corrected chi connectivity index (χ0v) is 16.5. The fourth-order valence-electron chi connectivity index (χ4n) is 2.88. The summed E-state index contributed by atoms with van der Waals surface area (Å²) in [4.78, 5) is 19.7. The van der Waals surface area contributed by atoms with E-state index in [-0.39, 0.29) is 12.5 Å². The van der Waals surface area contributed by atoms with Crippen molar-refractivity contribution < 1.29 is 9.21 Å². The van der Waals surface area contributed by atoms with Crippen LogP contribution in [0.1, 0.15) is 28.2 Å². The zero-order chi connectivity index (χ0) is 19.8. The lowest BCUT2D eigenvalue weighted by atomic mass is 10.1. The van der Waals surface area contributed by atoms with Crippen molar-refractivity contribution in [2.75, 3.05) is 18.4 Å². The third-order valence-electron chi connectivity index (χ3n) is 4.13. The van der Waals surface area contributed by atoms with Crippen LogP contribution in [0.5, 0.6) is 0 Å². The molecule has 1 amide bonds. The van der Waals surface area contributed by atoms with Gasteiger partial charge in [-0.05, 0) is 24.6 Å². The van der Waals surface area contributed by atoms with Crippen molar-refractivity contribution in [2.45, 2.75) is 26.3 Å². The summed E-state index contributed by atoms with van der Waals surface area (Å²) >= 11 is 1.48. The quantitative estimate of drug-likeness (QED) is 0.593. The molecule has 2 aromatic heterocycles. The maximum absolute atomic E-state index is 12.4. The molecule has 0 radical (unpaired) electrons. The molecule has 0 aliphatic rings. The molecule has 144 valence electrons. The molecule has 3 aromatic rings. The van der Waals surface area contributed by atoms with Gasteiger partial charge in [-0.3, -0.25) is 9.69 Å². The van der Waals surface area contributed by atoms with Crippen molar-refractivity contribution in [3.63, 3.8) is 0 Å². The molecular weight excluding hydrogens is 372 g/mol. The molecule has 0 aliphatic heterocycles. The summed E-state index contributed by atoms with van der Waals surface area (Å²) in [7, 11) is 0. The molecule has 1 N–H and O–H groups in total. The third-order valence-corrected chi connectivity index (χ3v) is 5.04. The highest BCUT2D eigenvalue weighted by atomic mass is 32.1. The van der Waals surface area contributed by atoms with Crippen molar-refractivity contribution in [2.24, 2.45) is 0 Å². The SMILES string of the molecule is Cc1cccc(Cc2cnc(NC(=O)CN(CCC#N)Cc3ccco3)s2)c1. The van der Waals surface area contributed by atoms with Crippen LogP contribution in [0.2, 0.25) is 0 Å². The topological polar surface area (TPSA) is 82.2 Å². The van der Waals surface area contributed by atoms with E-state index in [0.717, 1.165) is 17.1 Å². The molecule has 0 saturated carbocycles. The lowest BCUT2D eigenvalue weighted by molar-refractivity contribution is -0.117. The van der Waals surface area contributed by atoms with E-state index >= 15 is 0 Å². The van der Waals surface area contributed by atoms with Crippen molar-refractivity contribution in [3.05, 3.63) is 70.6 Å². The largest absolute Gasteiger partial charge is 0.468 e. The Morgan fingerprint density at radius 2 is 2.25 bits per heavy atom. The molecule has 0 unspecified atom stereocenters. The number of anilines is 1. The standard InChI is InChI=1S/C21H22N4O2S/c1-16-5-2-6-17(11-16)12-19-13-23-21(28-19)24-20(26)15-25(9-4-8-22)14-18-7-3-10-27-18/h2-3,5-7,10-11,13H,4,9,12,14-15H2,1H3,(H,23,24,26). The van der Waals surface area contributed by atoms with Gasteiger partial charge >= 0.3 is 0 Å². The van der Waals surface area contributed by atoms with Gasteiger partial charge in [-0.1, -0.05) is 29.8 Å². The number of furan rings is 1. The van der Waals surface area contributed by atoms with Crippen LogP contribution >= 0.6 is 11.3 Å². The molecule has 0 aliphatic carbocycles. The Bertz CT molecular complexity index is 943. The minimum Gasteiger partial charge on any atom is -0.468 e. The second-order valence-corrected chi connectivity index (χ2v) is 7.66. The number of thiazole rings is 1. The van der Waals surface area contributed by atoms with E-state index in [4.69, 9.17) is 9.68 Å². The Morgan fingerprint density at radius 1 is 1.36 bits per heavy atom. The number of aromatic nitrogens is 1. The maximum Gasteiger partial charge on any atom is 0.240 e. The number of hydrogen-bond donors (Lipinski definition) is 1. The second-order valence-electron chi connectivity index (χ2n) is 6.54. The molecule has 28 heavy (non-hydrogen) atoms. The van der Waals surface area contributed by atoms with Gasteiger partial charge in [0.1, 0.15) is 5.76 Å². The summed E-state index contributed by atoms with van der Waals surface area (Å²) in [6.07, 6.45) is 4.55. The third kappa shape index (κ3) is 6.05. The molecule has 0 atom stereocenters. The lowest BCUT2D eigenvalue weighted by Gasteiger charge is -2.18. The predicted octanol–water partition coefficient (Wildman–Crippen LogP) is 3.99. The van der Waals surface area contributed by atoms with Gasteiger partial charge in [-0.15, -0.1) is 11.3 Å². The van der Waals surface area contributed by atoms with Crippen LogP contribution in [0.4, 0.5) is 5.13 Å². The Labute approximate surface area is 168 Å². The van der Waals surface area contributed by atoms with Crippen LogP contribution in [0.25, 0.3) is 0 Å². The number of carbonyl (C=O) groups excluding carboxylic acids is 1. The summed E-state index contributed by atoms with van der Waals surface area (Å²) in [5.41, 5.74) is 2.45. The van der Waals surface area contributed by atoms with Gasteiger partial charge in [0, 0.05) is 30.5 Å². The number of nitriles is 1. The fraction of sp³-hybridized carbons (Fsp3) is 0.286. The first kappa shape index (κ1) is 19.8. The molecule has 0 saturated heterocycles. The van der Waals surface area contributed by atoms with Gasteiger partial charge in [0.2, 0.25) is 5.91 Å². The van der Waals surface area contributed by atoms with Crippen molar-refractivity contribution in [3.8, 4) is 6.07 Å². The summed E-state index contributed by atoms with van der Waals surface area (Å²) in [5.74, 6) is 0.612. The van der Waals surface area contributed by atoms with E-state index < -0.39 is 0 Å². The second kappa shape index (κ2) is 9.83. The van der Waals surface area contributed by atoms with Crippen LogP contribution < -0.4 is 5.32 Å². The molecule has 3 rings (SSSR count). The maximum atomic E-state index is 12.4. The summed E-state index contributed by atoms with van der Waals surface area (Å²) in [5, 5.41) is 12.3. The minimum atomic E-state index is -0.152. The van der Waals surface area contributed by atoms with E-state index in [1.54, 1.807) is 12.5 Å². The monoisotopic (exact) mass is 394 g/mol. The average Bonchev–Trinajstić information content (AvgIpc) is 3.32. The van der Waals surface area contributed by atoms with Crippen LogP contribution in [-0.2, 0) is 17.8 Å². The number of aryl methyl sites for hydroxylation is 1. The summed E-state index contributed by atoms with van der Waals surface area (Å²) in [6, 6.07) is 14.1. The Kier molecular flexibility index (Phi) is 6.95. The minimum absolute atomic E-state index is 0.152. The molecule has 1 aromatic carbocycles. The number of benzene rings is 1.